The van der Waals surface area contributed by atoms with E-state index < -0.39 is 7.44 Å². The zero-order valence-corrected chi connectivity index (χ0v) is 10.5. The van der Waals surface area contributed by atoms with E-state index in [0.29, 0.717) is 24.0 Å². The molecule has 0 radical (unpaired) electrons. The topological polar surface area (TPSA) is 58.2 Å². The molecule has 0 aliphatic heterocycles. The SMILES string of the molecule is CCNP(=O)(NCC)c1ccccc1C=O. The molecule has 0 unspecified atom stereocenters. The molecule has 0 fully saturated rings. The maximum absolute atomic E-state index is 12.6. The average molecular weight is 240 g/mol. The summed E-state index contributed by atoms with van der Waals surface area (Å²) in [5, 5.41) is 6.42. The van der Waals surface area contributed by atoms with Crippen molar-refractivity contribution in [1.82, 2.24) is 10.2 Å². The molecule has 0 bridgehead atoms. The second-order valence-electron chi connectivity index (χ2n) is 3.31. The van der Waals surface area contributed by atoms with Crippen LogP contribution in [-0.4, -0.2) is 19.4 Å². The lowest BCUT2D eigenvalue weighted by molar-refractivity contribution is 0.112. The minimum absolute atomic E-state index is 0.465. The van der Waals surface area contributed by atoms with E-state index in [4.69, 9.17) is 0 Å². The number of hydrogen-bond donors (Lipinski definition) is 2. The molecule has 0 atom stereocenters. The maximum atomic E-state index is 12.6. The van der Waals surface area contributed by atoms with Crippen molar-refractivity contribution in [3.63, 3.8) is 0 Å². The number of benzene rings is 1. The standard InChI is InChI=1S/C11H17N2O2P/c1-3-12-16(15,13-4-2)11-8-6-5-7-10(11)9-14/h5-9H,3-4H2,1-2H3,(H2,12,13,15). The first kappa shape index (κ1) is 13.1. The number of rotatable bonds is 6. The van der Waals surface area contributed by atoms with Gasteiger partial charge in [-0.2, -0.15) is 0 Å². The molecule has 0 aromatic heterocycles. The van der Waals surface area contributed by atoms with Crippen molar-refractivity contribution in [3.8, 4) is 0 Å². The highest BCUT2D eigenvalue weighted by atomic mass is 31.2. The molecule has 16 heavy (non-hydrogen) atoms. The van der Waals surface area contributed by atoms with E-state index >= 15 is 0 Å². The van der Waals surface area contributed by atoms with Crippen LogP contribution >= 0.6 is 7.44 Å². The smallest absolute Gasteiger partial charge is 0.241 e. The highest BCUT2D eigenvalue weighted by Gasteiger charge is 2.24. The number of aldehydes is 1. The van der Waals surface area contributed by atoms with Crippen LogP contribution in [0.25, 0.3) is 0 Å². The van der Waals surface area contributed by atoms with Crippen LogP contribution in [0.5, 0.6) is 0 Å². The van der Waals surface area contributed by atoms with Crippen LogP contribution in [0.4, 0.5) is 0 Å². The molecule has 1 aromatic rings. The van der Waals surface area contributed by atoms with E-state index in [0.717, 1.165) is 6.29 Å². The molecule has 5 heteroatoms. The lowest BCUT2D eigenvalue weighted by atomic mass is 10.2. The van der Waals surface area contributed by atoms with Crippen molar-refractivity contribution in [1.29, 1.82) is 0 Å². The van der Waals surface area contributed by atoms with Gasteiger partial charge in [0.15, 0.2) is 6.29 Å². The quantitative estimate of drug-likeness (QED) is 0.585. The van der Waals surface area contributed by atoms with Crippen LogP contribution in [0.1, 0.15) is 24.2 Å². The van der Waals surface area contributed by atoms with Crippen LogP contribution in [-0.2, 0) is 4.57 Å². The molecule has 2 N–H and O–H groups in total. The third-order valence-electron chi connectivity index (χ3n) is 2.16. The zero-order chi connectivity index (χ0) is 12.0. The fourth-order valence-electron chi connectivity index (χ4n) is 1.55. The Kier molecular flexibility index (Phi) is 4.87. The highest BCUT2D eigenvalue weighted by Crippen LogP contribution is 2.35. The van der Waals surface area contributed by atoms with E-state index in [1.54, 1.807) is 24.3 Å². The summed E-state index contributed by atoms with van der Waals surface area (Å²) in [5.74, 6) is 0. The van der Waals surface area contributed by atoms with Crippen molar-refractivity contribution < 1.29 is 9.36 Å². The molecule has 1 aromatic carbocycles. The fraction of sp³-hybridized carbons (Fsp3) is 0.364. The minimum atomic E-state index is -2.86. The molecular formula is C11H17N2O2P. The van der Waals surface area contributed by atoms with Gasteiger partial charge in [0.1, 0.15) is 0 Å². The number of nitrogens with one attached hydrogen (secondary N) is 2. The minimum Gasteiger partial charge on any atom is -0.298 e. The molecule has 0 heterocycles. The number of hydrogen-bond acceptors (Lipinski definition) is 2. The molecule has 0 saturated carbocycles. The van der Waals surface area contributed by atoms with Crippen LogP contribution in [0.15, 0.2) is 24.3 Å². The van der Waals surface area contributed by atoms with Crippen molar-refractivity contribution in [2.75, 3.05) is 13.1 Å². The van der Waals surface area contributed by atoms with Crippen molar-refractivity contribution in [2.24, 2.45) is 0 Å². The third-order valence-corrected chi connectivity index (χ3v) is 4.77. The summed E-state index contributed by atoms with van der Waals surface area (Å²) < 4.78 is 12.6. The first-order chi connectivity index (χ1) is 7.68. The van der Waals surface area contributed by atoms with Crippen LogP contribution in [0.3, 0.4) is 0 Å². The summed E-state index contributed by atoms with van der Waals surface area (Å²) in [6.45, 7) is 4.93. The van der Waals surface area contributed by atoms with Gasteiger partial charge in [-0.05, 0) is 6.07 Å². The van der Waals surface area contributed by atoms with E-state index in [1.165, 1.54) is 0 Å². The summed E-state index contributed by atoms with van der Waals surface area (Å²) >= 11 is 0. The van der Waals surface area contributed by atoms with Crippen molar-refractivity contribution >= 4 is 19.0 Å². The van der Waals surface area contributed by atoms with Crippen molar-refractivity contribution in [2.45, 2.75) is 13.8 Å². The van der Waals surface area contributed by atoms with Gasteiger partial charge in [-0.3, -0.25) is 19.5 Å². The Bertz CT molecular complexity index is 397. The fourth-order valence-corrected chi connectivity index (χ4v) is 3.68. The van der Waals surface area contributed by atoms with Gasteiger partial charge in [0, 0.05) is 18.7 Å². The van der Waals surface area contributed by atoms with Gasteiger partial charge in [0.25, 0.3) is 0 Å². The van der Waals surface area contributed by atoms with Gasteiger partial charge < -0.3 is 0 Å². The molecule has 0 aliphatic carbocycles. The molecule has 0 spiro atoms. The Morgan fingerprint density at radius 2 is 1.75 bits per heavy atom. The zero-order valence-electron chi connectivity index (χ0n) is 9.56. The van der Waals surface area contributed by atoms with E-state index in [2.05, 4.69) is 10.2 Å². The largest absolute Gasteiger partial charge is 0.298 e. The van der Waals surface area contributed by atoms with Gasteiger partial charge in [-0.15, -0.1) is 0 Å². The Hall–Kier alpha value is -0.960. The molecule has 4 nitrogen and oxygen atoms in total. The first-order valence-electron chi connectivity index (χ1n) is 5.33. The highest BCUT2D eigenvalue weighted by molar-refractivity contribution is 7.68. The van der Waals surface area contributed by atoms with Gasteiger partial charge in [0.2, 0.25) is 7.44 Å². The predicted molar refractivity (Wildman–Crippen MR) is 66.4 cm³/mol. The van der Waals surface area contributed by atoms with Gasteiger partial charge in [-0.1, -0.05) is 32.0 Å². The molecule has 0 aliphatic rings. The third kappa shape index (κ3) is 2.79. The average Bonchev–Trinajstić information content (AvgIpc) is 2.29. The second-order valence-corrected chi connectivity index (χ2v) is 5.64. The van der Waals surface area contributed by atoms with Gasteiger partial charge >= 0.3 is 0 Å². The summed E-state index contributed by atoms with van der Waals surface area (Å²) in [7, 11) is -2.86. The van der Waals surface area contributed by atoms with Gasteiger partial charge in [0.05, 0.1) is 5.30 Å². The van der Waals surface area contributed by atoms with E-state index in [1.807, 2.05) is 13.8 Å². The Balaban J connectivity index is 3.20. The first-order valence-corrected chi connectivity index (χ1v) is 7.03. The van der Waals surface area contributed by atoms with Crippen LogP contribution in [0.2, 0.25) is 0 Å². The molecule has 1 rings (SSSR count). The summed E-state index contributed by atoms with van der Waals surface area (Å²) in [6, 6.07) is 6.93. The number of carbonyl (C=O) groups excluding carboxylic acids is 1. The van der Waals surface area contributed by atoms with Crippen LogP contribution in [0, 0.1) is 0 Å². The summed E-state index contributed by atoms with van der Waals surface area (Å²) in [5.41, 5.74) is 0.465. The Morgan fingerprint density at radius 1 is 1.19 bits per heavy atom. The molecule has 0 saturated heterocycles. The predicted octanol–water partition coefficient (Wildman–Crippen LogP) is 1.54. The summed E-state index contributed by atoms with van der Waals surface area (Å²) in [4.78, 5) is 10.9. The van der Waals surface area contributed by atoms with E-state index in [9.17, 15) is 9.36 Å². The normalized spacial score (nSPS) is 11.4. The van der Waals surface area contributed by atoms with Gasteiger partial charge in [-0.25, -0.2) is 0 Å². The number of carbonyl (C=O) groups is 1. The molecular weight excluding hydrogens is 223 g/mol. The Morgan fingerprint density at radius 3 is 2.25 bits per heavy atom. The lowest BCUT2D eigenvalue weighted by Crippen LogP contribution is -2.31. The van der Waals surface area contributed by atoms with Crippen LogP contribution < -0.4 is 15.5 Å². The molecule has 88 valence electrons. The Labute approximate surface area is 95.9 Å². The van der Waals surface area contributed by atoms with E-state index in [-0.39, 0.29) is 0 Å². The monoisotopic (exact) mass is 240 g/mol. The summed E-state index contributed by atoms with van der Waals surface area (Å²) in [6.07, 6.45) is 0.733. The van der Waals surface area contributed by atoms with Crippen molar-refractivity contribution in [3.05, 3.63) is 29.8 Å². The molecule has 0 amide bonds. The maximum Gasteiger partial charge on any atom is 0.241 e. The second kappa shape index (κ2) is 5.94. The lowest BCUT2D eigenvalue weighted by Gasteiger charge is -2.20.